The summed E-state index contributed by atoms with van der Waals surface area (Å²) in [7, 11) is 0. The number of ether oxygens (including phenoxy) is 1. The van der Waals surface area contributed by atoms with Crippen LogP contribution in [0.25, 0.3) is 21.7 Å². The van der Waals surface area contributed by atoms with Crippen LogP contribution in [0.3, 0.4) is 0 Å². The third kappa shape index (κ3) is 2.37. The van der Waals surface area contributed by atoms with Crippen LogP contribution >= 0.6 is 0 Å². The van der Waals surface area contributed by atoms with Crippen LogP contribution in [0.15, 0.2) is 45.6 Å². The van der Waals surface area contributed by atoms with Crippen molar-refractivity contribution in [2.45, 2.75) is 26.9 Å². The van der Waals surface area contributed by atoms with Crippen LogP contribution in [0.1, 0.15) is 19.4 Å². The quantitative estimate of drug-likeness (QED) is 0.547. The van der Waals surface area contributed by atoms with E-state index in [0.717, 1.165) is 16.3 Å². The molecule has 0 amide bonds. The van der Waals surface area contributed by atoms with Crippen LogP contribution in [0.4, 0.5) is 0 Å². The van der Waals surface area contributed by atoms with Crippen molar-refractivity contribution in [1.82, 2.24) is 0 Å². The highest BCUT2D eigenvalue weighted by Gasteiger charge is 2.14. The average Bonchev–Trinajstić information content (AvgIpc) is 2.46. The molecular formula is C18H16O4. The highest BCUT2D eigenvalue weighted by atomic mass is 16.5. The second kappa shape index (κ2) is 5.30. The van der Waals surface area contributed by atoms with E-state index < -0.39 is 6.10 Å². The second-order valence-corrected chi connectivity index (χ2v) is 5.42. The molecule has 112 valence electrons. The molecule has 2 aromatic carbocycles. The molecule has 3 rings (SSSR count). The van der Waals surface area contributed by atoms with Gasteiger partial charge in [-0.2, -0.15) is 0 Å². The lowest BCUT2D eigenvalue weighted by Crippen LogP contribution is -2.20. The first kappa shape index (κ1) is 14.3. The maximum absolute atomic E-state index is 12.1. The van der Waals surface area contributed by atoms with Crippen molar-refractivity contribution in [3.8, 4) is 5.75 Å². The van der Waals surface area contributed by atoms with Crippen LogP contribution in [-0.2, 0) is 4.79 Å². The molecule has 3 aromatic rings. The number of hydrogen-bond donors (Lipinski definition) is 0. The topological polar surface area (TPSA) is 56.5 Å². The molecule has 0 saturated carbocycles. The Morgan fingerprint density at radius 1 is 1.18 bits per heavy atom. The predicted molar refractivity (Wildman–Crippen MR) is 85.5 cm³/mol. The van der Waals surface area contributed by atoms with E-state index in [4.69, 9.17) is 9.15 Å². The summed E-state index contributed by atoms with van der Waals surface area (Å²) in [5, 5.41) is 2.30. The zero-order valence-electron chi connectivity index (χ0n) is 12.7. The van der Waals surface area contributed by atoms with Crippen LogP contribution in [0, 0.1) is 6.92 Å². The van der Waals surface area contributed by atoms with Crippen molar-refractivity contribution < 1.29 is 13.9 Å². The Kier molecular flexibility index (Phi) is 3.45. The predicted octanol–water partition coefficient (Wildman–Crippen LogP) is 3.61. The Morgan fingerprint density at radius 2 is 1.86 bits per heavy atom. The van der Waals surface area contributed by atoms with Gasteiger partial charge in [0.2, 0.25) is 0 Å². The fourth-order valence-electron chi connectivity index (χ4n) is 2.54. The number of hydrogen-bond acceptors (Lipinski definition) is 4. The molecule has 0 aliphatic heterocycles. The Hall–Kier alpha value is -2.62. The summed E-state index contributed by atoms with van der Waals surface area (Å²) in [5.41, 5.74) is 1.02. The lowest BCUT2D eigenvalue weighted by molar-refractivity contribution is -0.122. The summed E-state index contributed by atoms with van der Waals surface area (Å²) < 4.78 is 11.0. The number of fused-ring (bicyclic) bond motifs is 3. The highest BCUT2D eigenvalue weighted by molar-refractivity contribution is 6.06. The Balaban J connectivity index is 2.25. The van der Waals surface area contributed by atoms with Gasteiger partial charge in [-0.25, -0.2) is 4.79 Å². The Morgan fingerprint density at radius 3 is 2.55 bits per heavy atom. The first-order valence-electron chi connectivity index (χ1n) is 7.10. The number of carbonyl (C=O) groups is 1. The number of aryl methyl sites for hydroxylation is 1. The minimum Gasteiger partial charge on any atom is -0.483 e. The van der Waals surface area contributed by atoms with Gasteiger partial charge in [0.05, 0.1) is 5.39 Å². The molecule has 0 spiro atoms. The molecule has 0 saturated heterocycles. The van der Waals surface area contributed by atoms with E-state index in [1.165, 1.54) is 6.92 Å². The highest BCUT2D eigenvalue weighted by Crippen LogP contribution is 2.30. The lowest BCUT2D eigenvalue weighted by atomic mass is 10.0. The maximum atomic E-state index is 12.1. The number of ketones is 1. The van der Waals surface area contributed by atoms with E-state index in [1.54, 1.807) is 19.1 Å². The fourth-order valence-corrected chi connectivity index (χ4v) is 2.54. The van der Waals surface area contributed by atoms with Crippen molar-refractivity contribution in [2.75, 3.05) is 0 Å². The maximum Gasteiger partial charge on any atom is 0.344 e. The Bertz CT molecular complexity index is 937. The van der Waals surface area contributed by atoms with Crippen molar-refractivity contribution in [3.05, 3.63) is 52.4 Å². The van der Waals surface area contributed by atoms with Crippen molar-refractivity contribution in [1.29, 1.82) is 0 Å². The van der Waals surface area contributed by atoms with Gasteiger partial charge >= 0.3 is 5.63 Å². The van der Waals surface area contributed by atoms with Crippen LogP contribution in [0.5, 0.6) is 5.75 Å². The number of benzene rings is 2. The minimum atomic E-state index is -0.538. The summed E-state index contributed by atoms with van der Waals surface area (Å²) in [5.74, 6) is 0.462. The third-order valence-corrected chi connectivity index (χ3v) is 3.78. The molecule has 1 unspecified atom stereocenters. The van der Waals surface area contributed by atoms with E-state index in [1.807, 2.05) is 31.2 Å². The van der Waals surface area contributed by atoms with E-state index in [9.17, 15) is 9.59 Å². The first-order valence-corrected chi connectivity index (χ1v) is 7.10. The smallest absolute Gasteiger partial charge is 0.344 e. The summed E-state index contributed by atoms with van der Waals surface area (Å²) in [6, 6.07) is 10.9. The van der Waals surface area contributed by atoms with Gasteiger partial charge in [-0.15, -0.1) is 0 Å². The van der Waals surface area contributed by atoms with Crippen molar-refractivity contribution in [2.24, 2.45) is 0 Å². The van der Waals surface area contributed by atoms with Gasteiger partial charge in [0, 0.05) is 16.8 Å². The molecule has 1 atom stereocenters. The van der Waals surface area contributed by atoms with Crippen LogP contribution in [-0.4, -0.2) is 11.9 Å². The largest absolute Gasteiger partial charge is 0.483 e. The van der Waals surface area contributed by atoms with E-state index in [0.29, 0.717) is 16.7 Å². The number of carbonyl (C=O) groups excluding carboxylic acids is 1. The molecule has 0 fully saturated rings. The third-order valence-electron chi connectivity index (χ3n) is 3.78. The van der Waals surface area contributed by atoms with E-state index in [2.05, 4.69) is 0 Å². The molecule has 1 heterocycles. The molecule has 1 aromatic heterocycles. The second-order valence-electron chi connectivity index (χ2n) is 5.42. The van der Waals surface area contributed by atoms with Gasteiger partial charge in [0.15, 0.2) is 11.9 Å². The zero-order valence-corrected chi connectivity index (χ0v) is 12.7. The van der Waals surface area contributed by atoms with Gasteiger partial charge < -0.3 is 9.15 Å². The molecule has 4 nitrogen and oxygen atoms in total. The monoisotopic (exact) mass is 296 g/mol. The summed E-state index contributed by atoms with van der Waals surface area (Å²) in [6.07, 6.45) is -0.538. The fraction of sp³-hybridized carbons (Fsp3) is 0.222. The molecule has 4 heteroatoms. The molecule has 0 aliphatic rings. The summed E-state index contributed by atoms with van der Waals surface area (Å²) >= 11 is 0. The van der Waals surface area contributed by atoms with Gasteiger partial charge in [-0.3, -0.25) is 4.79 Å². The molecule has 0 aliphatic carbocycles. The van der Waals surface area contributed by atoms with Crippen molar-refractivity contribution >= 4 is 27.5 Å². The normalized spacial score (nSPS) is 12.5. The SMILES string of the molecule is CC(=O)C(C)Oc1cc(C)c2c(c1)oc(=O)c1ccccc12. The van der Waals surface area contributed by atoms with Crippen molar-refractivity contribution in [3.63, 3.8) is 0 Å². The number of Topliss-reactive ketones (excluding diaryl/α,β-unsaturated/α-hetero) is 1. The van der Waals surface area contributed by atoms with Gasteiger partial charge in [0.1, 0.15) is 11.3 Å². The van der Waals surface area contributed by atoms with E-state index in [-0.39, 0.29) is 11.4 Å². The van der Waals surface area contributed by atoms with E-state index >= 15 is 0 Å². The van der Waals surface area contributed by atoms with Gasteiger partial charge in [0.25, 0.3) is 0 Å². The van der Waals surface area contributed by atoms with Crippen LogP contribution < -0.4 is 10.4 Å². The first-order chi connectivity index (χ1) is 10.5. The standard InChI is InChI=1S/C18H16O4/c1-10-8-13(21-12(3)11(2)19)9-16-17(10)14-6-4-5-7-15(14)18(20)22-16/h4-9,12H,1-3H3. The summed E-state index contributed by atoms with van der Waals surface area (Å²) in [6.45, 7) is 5.10. The summed E-state index contributed by atoms with van der Waals surface area (Å²) in [4.78, 5) is 23.4. The van der Waals surface area contributed by atoms with Gasteiger partial charge in [-0.1, -0.05) is 18.2 Å². The molecule has 0 N–H and O–H groups in total. The number of rotatable bonds is 3. The molecule has 22 heavy (non-hydrogen) atoms. The molecule has 0 bridgehead atoms. The Labute approximate surface area is 127 Å². The zero-order chi connectivity index (χ0) is 15.9. The molecule has 0 radical (unpaired) electrons. The lowest BCUT2D eigenvalue weighted by Gasteiger charge is -2.13. The van der Waals surface area contributed by atoms with Crippen LogP contribution in [0.2, 0.25) is 0 Å². The minimum absolute atomic E-state index is 0.0577. The molecular weight excluding hydrogens is 280 g/mol. The average molecular weight is 296 g/mol. The van der Waals surface area contributed by atoms with Gasteiger partial charge in [-0.05, 0) is 38.5 Å².